The van der Waals surface area contributed by atoms with E-state index >= 15 is 0 Å². The van der Waals surface area contributed by atoms with Crippen molar-refractivity contribution in [3.05, 3.63) is 0 Å². The molecule has 0 saturated carbocycles. The normalized spacial score (nSPS) is 12.5. The molecule has 0 heterocycles. The third kappa shape index (κ3) is 6.83. The molecule has 0 aliphatic heterocycles. The minimum atomic E-state index is 0.305. The van der Waals surface area contributed by atoms with Gasteiger partial charge in [0.15, 0.2) is 0 Å². The summed E-state index contributed by atoms with van der Waals surface area (Å²) >= 11 is 0. The van der Waals surface area contributed by atoms with Crippen molar-refractivity contribution < 1.29 is 4.79 Å². The van der Waals surface area contributed by atoms with Crippen molar-refractivity contribution in [1.82, 2.24) is 4.90 Å². The molecule has 0 aromatic heterocycles. The Hall–Kier alpha value is -0.570. The highest BCUT2D eigenvalue weighted by atomic mass is 16.2. The van der Waals surface area contributed by atoms with E-state index in [9.17, 15) is 4.79 Å². The summed E-state index contributed by atoms with van der Waals surface area (Å²) in [7, 11) is 0. The van der Waals surface area contributed by atoms with Crippen LogP contribution < -0.4 is 5.73 Å². The van der Waals surface area contributed by atoms with Gasteiger partial charge < -0.3 is 10.6 Å². The molecule has 0 aromatic rings. The Kier molecular flexibility index (Phi) is 9.30. The molecule has 0 aromatic carbocycles. The zero-order valence-corrected chi connectivity index (χ0v) is 11.2. The van der Waals surface area contributed by atoms with Crippen LogP contribution >= 0.6 is 0 Å². The molecule has 3 heteroatoms. The summed E-state index contributed by atoms with van der Waals surface area (Å²) in [5.41, 5.74) is 5.49. The molecule has 0 bridgehead atoms. The van der Waals surface area contributed by atoms with E-state index in [1.807, 2.05) is 4.90 Å². The summed E-state index contributed by atoms with van der Waals surface area (Å²) in [5, 5.41) is 0. The minimum absolute atomic E-state index is 0.305. The van der Waals surface area contributed by atoms with Crippen LogP contribution in [-0.2, 0) is 4.79 Å². The number of carbonyl (C=O) groups excluding carboxylic acids is 1. The molecule has 1 atom stereocenters. The maximum absolute atomic E-state index is 11.9. The van der Waals surface area contributed by atoms with Crippen LogP contribution in [0.5, 0.6) is 0 Å². The SMILES string of the molecule is CCCCN(CC)C(=O)CCC(C)CCN. The fraction of sp³-hybridized carbons (Fsp3) is 0.923. The van der Waals surface area contributed by atoms with E-state index in [1.165, 1.54) is 0 Å². The lowest BCUT2D eigenvalue weighted by Gasteiger charge is -2.21. The first-order valence-corrected chi connectivity index (χ1v) is 6.63. The summed E-state index contributed by atoms with van der Waals surface area (Å²) in [6, 6.07) is 0. The average Bonchev–Trinajstić information content (AvgIpc) is 2.28. The number of nitrogens with two attached hydrogens (primary N) is 1. The zero-order valence-electron chi connectivity index (χ0n) is 11.2. The van der Waals surface area contributed by atoms with Gasteiger partial charge in [-0.25, -0.2) is 0 Å². The third-order valence-corrected chi connectivity index (χ3v) is 3.03. The summed E-state index contributed by atoms with van der Waals surface area (Å²) < 4.78 is 0. The molecule has 0 fully saturated rings. The Morgan fingerprint density at radius 1 is 1.31 bits per heavy atom. The fourth-order valence-electron chi connectivity index (χ4n) is 1.76. The molecule has 3 nitrogen and oxygen atoms in total. The first-order valence-electron chi connectivity index (χ1n) is 6.63. The summed E-state index contributed by atoms with van der Waals surface area (Å²) in [4.78, 5) is 13.9. The van der Waals surface area contributed by atoms with Gasteiger partial charge >= 0.3 is 0 Å². The number of amides is 1. The zero-order chi connectivity index (χ0) is 12.4. The summed E-state index contributed by atoms with van der Waals surface area (Å²) in [6.07, 6.45) is 4.93. The van der Waals surface area contributed by atoms with Crippen LogP contribution in [0.25, 0.3) is 0 Å². The second-order valence-electron chi connectivity index (χ2n) is 4.55. The van der Waals surface area contributed by atoms with Crippen molar-refractivity contribution in [3.63, 3.8) is 0 Å². The number of nitrogens with zero attached hydrogens (tertiary/aromatic N) is 1. The molecule has 2 N–H and O–H groups in total. The minimum Gasteiger partial charge on any atom is -0.343 e. The average molecular weight is 228 g/mol. The van der Waals surface area contributed by atoms with E-state index < -0.39 is 0 Å². The van der Waals surface area contributed by atoms with Gasteiger partial charge in [-0.1, -0.05) is 20.3 Å². The lowest BCUT2D eigenvalue weighted by molar-refractivity contribution is -0.131. The van der Waals surface area contributed by atoms with E-state index in [0.29, 0.717) is 18.2 Å². The van der Waals surface area contributed by atoms with Crippen molar-refractivity contribution in [2.75, 3.05) is 19.6 Å². The largest absolute Gasteiger partial charge is 0.343 e. The molecule has 1 unspecified atom stereocenters. The Bertz CT molecular complexity index is 183. The van der Waals surface area contributed by atoms with Gasteiger partial charge in [-0.05, 0) is 38.6 Å². The fourth-order valence-corrected chi connectivity index (χ4v) is 1.76. The molecular formula is C13H28N2O. The monoisotopic (exact) mass is 228 g/mol. The predicted octanol–water partition coefficient (Wildman–Crippen LogP) is 2.40. The van der Waals surface area contributed by atoms with Gasteiger partial charge in [0.1, 0.15) is 0 Å². The van der Waals surface area contributed by atoms with Crippen molar-refractivity contribution in [1.29, 1.82) is 0 Å². The van der Waals surface area contributed by atoms with Gasteiger partial charge in [-0.2, -0.15) is 0 Å². The second-order valence-corrected chi connectivity index (χ2v) is 4.55. The standard InChI is InChI=1S/C13H28N2O/c1-4-6-11-15(5-2)13(16)8-7-12(3)9-10-14/h12H,4-11,14H2,1-3H3. The van der Waals surface area contributed by atoms with Crippen LogP contribution in [0, 0.1) is 5.92 Å². The molecule has 96 valence electrons. The highest BCUT2D eigenvalue weighted by molar-refractivity contribution is 5.76. The molecule has 0 aliphatic rings. The molecular weight excluding hydrogens is 200 g/mol. The smallest absolute Gasteiger partial charge is 0.222 e. The lowest BCUT2D eigenvalue weighted by atomic mass is 10.0. The Morgan fingerprint density at radius 3 is 2.50 bits per heavy atom. The highest BCUT2D eigenvalue weighted by Gasteiger charge is 2.12. The van der Waals surface area contributed by atoms with Crippen molar-refractivity contribution in [2.45, 2.75) is 52.9 Å². The van der Waals surface area contributed by atoms with E-state index in [4.69, 9.17) is 5.73 Å². The van der Waals surface area contributed by atoms with E-state index in [1.54, 1.807) is 0 Å². The molecule has 0 saturated heterocycles. The van der Waals surface area contributed by atoms with Gasteiger partial charge in [0.05, 0.1) is 0 Å². The van der Waals surface area contributed by atoms with Gasteiger partial charge in [0, 0.05) is 19.5 Å². The summed E-state index contributed by atoms with van der Waals surface area (Å²) in [5.74, 6) is 0.874. The Balaban J connectivity index is 3.82. The van der Waals surface area contributed by atoms with Crippen LogP contribution in [0.4, 0.5) is 0 Å². The van der Waals surface area contributed by atoms with Gasteiger partial charge in [0.25, 0.3) is 0 Å². The Morgan fingerprint density at radius 2 is 2.00 bits per heavy atom. The topological polar surface area (TPSA) is 46.3 Å². The second kappa shape index (κ2) is 9.64. The highest BCUT2D eigenvalue weighted by Crippen LogP contribution is 2.11. The first kappa shape index (κ1) is 15.4. The van der Waals surface area contributed by atoms with Gasteiger partial charge in [0.2, 0.25) is 5.91 Å². The van der Waals surface area contributed by atoms with Gasteiger partial charge in [-0.3, -0.25) is 4.79 Å². The number of hydrogen-bond donors (Lipinski definition) is 1. The summed E-state index contributed by atoms with van der Waals surface area (Å²) in [6.45, 7) is 8.85. The van der Waals surface area contributed by atoms with Gasteiger partial charge in [-0.15, -0.1) is 0 Å². The number of hydrogen-bond acceptors (Lipinski definition) is 2. The van der Waals surface area contributed by atoms with Crippen LogP contribution in [0.15, 0.2) is 0 Å². The van der Waals surface area contributed by atoms with Crippen molar-refractivity contribution in [3.8, 4) is 0 Å². The number of rotatable bonds is 9. The van der Waals surface area contributed by atoms with E-state index in [-0.39, 0.29) is 0 Å². The van der Waals surface area contributed by atoms with Crippen LogP contribution in [-0.4, -0.2) is 30.4 Å². The van der Waals surface area contributed by atoms with Crippen LogP contribution in [0.3, 0.4) is 0 Å². The van der Waals surface area contributed by atoms with Crippen LogP contribution in [0.2, 0.25) is 0 Å². The number of carbonyl (C=O) groups is 1. The quantitative estimate of drug-likeness (QED) is 0.658. The molecule has 0 spiro atoms. The van der Waals surface area contributed by atoms with Crippen LogP contribution in [0.1, 0.15) is 52.9 Å². The molecule has 16 heavy (non-hydrogen) atoms. The number of unbranched alkanes of at least 4 members (excludes halogenated alkanes) is 1. The molecule has 0 radical (unpaired) electrons. The van der Waals surface area contributed by atoms with E-state index in [0.717, 1.165) is 45.3 Å². The predicted molar refractivity (Wildman–Crippen MR) is 69.2 cm³/mol. The maximum Gasteiger partial charge on any atom is 0.222 e. The van der Waals surface area contributed by atoms with Crippen molar-refractivity contribution in [2.24, 2.45) is 11.7 Å². The first-order chi connectivity index (χ1) is 7.65. The van der Waals surface area contributed by atoms with Crippen molar-refractivity contribution >= 4 is 5.91 Å². The Labute approximate surface area is 100 Å². The third-order valence-electron chi connectivity index (χ3n) is 3.03. The molecule has 0 rings (SSSR count). The lowest BCUT2D eigenvalue weighted by Crippen LogP contribution is -2.31. The maximum atomic E-state index is 11.9. The molecule has 1 amide bonds. The van der Waals surface area contributed by atoms with E-state index in [2.05, 4.69) is 20.8 Å². The molecule has 0 aliphatic carbocycles.